The molecule has 1 heterocycles. The number of hydrogen-bond acceptors (Lipinski definition) is 3. The van der Waals surface area contributed by atoms with Gasteiger partial charge in [0, 0.05) is 23.1 Å². The highest BCUT2D eigenvalue weighted by molar-refractivity contribution is 6.74. The van der Waals surface area contributed by atoms with E-state index in [1.54, 1.807) is 0 Å². The summed E-state index contributed by atoms with van der Waals surface area (Å²) >= 11 is 5.93. The van der Waals surface area contributed by atoms with Gasteiger partial charge in [-0.1, -0.05) is 43.6 Å². The summed E-state index contributed by atoms with van der Waals surface area (Å²) in [5.41, 5.74) is 9.89. The zero-order chi connectivity index (χ0) is 18.0. The Bertz CT molecular complexity index is 608. The van der Waals surface area contributed by atoms with Crippen LogP contribution in [-0.2, 0) is 4.43 Å². The molecule has 1 aliphatic carbocycles. The Morgan fingerprint density at radius 3 is 2.58 bits per heavy atom. The van der Waals surface area contributed by atoms with E-state index in [4.69, 9.17) is 21.6 Å². The van der Waals surface area contributed by atoms with Gasteiger partial charge in [-0.2, -0.15) is 0 Å². The van der Waals surface area contributed by atoms with Gasteiger partial charge < -0.3 is 4.43 Å². The van der Waals surface area contributed by atoms with Gasteiger partial charge >= 0.3 is 0 Å². The van der Waals surface area contributed by atoms with Gasteiger partial charge in [-0.3, -0.25) is 0 Å². The van der Waals surface area contributed by atoms with E-state index in [0.29, 0.717) is 5.15 Å². The molecular formula is C17H27ClN4OSi. The maximum atomic E-state index is 8.77. The zero-order valence-electron chi connectivity index (χ0n) is 15.2. The smallest absolute Gasteiger partial charge is 0.192 e. The number of hydrogen-bond donors (Lipinski definition) is 0. The second-order valence-electron chi connectivity index (χ2n) is 8.11. The number of nitrogens with zero attached hydrogens (tertiary/aromatic N) is 4. The molecule has 0 amide bonds. The van der Waals surface area contributed by atoms with Crippen LogP contribution in [0.15, 0.2) is 23.4 Å². The molecule has 132 valence electrons. The zero-order valence-corrected chi connectivity index (χ0v) is 16.9. The Kier molecular flexibility index (Phi) is 5.97. The molecule has 1 saturated carbocycles. The summed E-state index contributed by atoms with van der Waals surface area (Å²) in [7, 11) is -1.87. The number of pyridine rings is 1. The van der Waals surface area contributed by atoms with Crippen molar-refractivity contribution in [2.24, 2.45) is 5.11 Å². The first-order valence-corrected chi connectivity index (χ1v) is 11.8. The van der Waals surface area contributed by atoms with Gasteiger partial charge in [-0.15, -0.1) is 0 Å². The fraction of sp³-hybridized carbons (Fsp3) is 0.706. The maximum Gasteiger partial charge on any atom is 0.192 e. The van der Waals surface area contributed by atoms with E-state index in [2.05, 4.69) is 48.9 Å². The molecule has 1 aromatic heterocycles. The summed E-state index contributed by atoms with van der Waals surface area (Å²) in [4.78, 5) is 7.22. The number of rotatable bonds is 4. The summed E-state index contributed by atoms with van der Waals surface area (Å²) in [6.45, 7) is 11.3. The highest BCUT2D eigenvalue weighted by Gasteiger charge is 2.42. The molecule has 0 spiro atoms. The topological polar surface area (TPSA) is 70.9 Å². The summed E-state index contributed by atoms with van der Waals surface area (Å²) in [6, 6.07) is 3.85. The first-order valence-electron chi connectivity index (χ1n) is 8.47. The van der Waals surface area contributed by atoms with Gasteiger partial charge in [-0.25, -0.2) is 4.98 Å². The fourth-order valence-corrected chi connectivity index (χ4v) is 4.46. The van der Waals surface area contributed by atoms with Crippen LogP contribution in [0.5, 0.6) is 0 Å². The average molecular weight is 367 g/mol. The van der Waals surface area contributed by atoms with Crippen LogP contribution in [0.4, 0.5) is 0 Å². The summed E-state index contributed by atoms with van der Waals surface area (Å²) in [5.74, 6) is 0.188. The molecular weight excluding hydrogens is 340 g/mol. The average Bonchev–Trinajstić information content (AvgIpc) is 2.48. The first kappa shape index (κ1) is 19.3. The van der Waals surface area contributed by atoms with Crippen LogP contribution in [0, 0.1) is 0 Å². The van der Waals surface area contributed by atoms with Gasteiger partial charge in [0.2, 0.25) is 0 Å². The second kappa shape index (κ2) is 7.44. The summed E-state index contributed by atoms with van der Waals surface area (Å²) in [5, 5.41) is 4.60. The molecule has 0 radical (unpaired) electrons. The van der Waals surface area contributed by atoms with Gasteiger partial charge in [-0.05, 0) is 54.6 Å². The molecule has 3 atom stereocenters. The molecule has 1 fully saturated rings. The van der Waals surface area contributed by atoms with E-state index in [0.717, 1.165) is 24.8 Å². The van der Waals surface area contributed by atoms with Crippen molar-refractivity contribution >= 4 is 19.9 Å². The molecule has 0 unspecified atom stereocenters. The second-order valence-corrected chi connectivity index (χ2v) is 13.3. The van der Waals surface area contributed by atoms with Crippen LogP contribution in [0.25, 0.3) is 10.4 Å². The lowest BCUT2D eigenvalue weighted by molar-refractivity contribution is 0.107. The van der Waals surface area contributed by atoms with Crippen LogP contribution in [0.3, 0.4) is 0 Å². The van der Waals surface area contributed by atoms with E-state index in [-0.39, 0.29) is 23.1 Å². The summed E-state index contributed by atoms with van der Waals surface area (Å²) < 4.78 is 6.71. The Balaban J connectivity index is 2.27. The number of azide groups is 1. The Morgan fingerprint density at radius 2 is 2.04 bits per heavy atom. The third-order valence-electron chi connectivity index (χ3n) is 5.40. The number of aromatic nitrogens is 1. The molecule has 0 aromatic carbocycles. The molecule has 0 saturated heterocycles. The van der Waals surface area contributed by atoms with Gasteiger partial charge in [0.25, 0.3) is 0 Å². The minimum absolute atomic E-state index is 0.0231. The molecule has 2 rings (SSSR count). The lowest BCUT2D eigenvalue weighted by atomic mass is 9.80. The van der Waals surface area contributed by atoms with E-state index in [1.165, 1.54) is 0 Å². The van der Waals surface area contributed by atoms with Crippen molar-refractivity contribution < 1.29 is 4.43 Å². The first-order chi connectivity index (χ1) is 11.1. The van der Waals surface area contributed by atoms with E-state index in [9.17, 15) is 0 Å². The van der Waals surface area contributed by atoms with Crippen LogP contribution < -0.4 is 0 Å². The van der Waals surface area contributed by atoms with Crippen molar-refractivity contribution in [3.63, 3.8) is 0 Å². The monoisotopic (exact) mass is 366 g/mol. The van der Waals surface area contributed by atoms with Crippen LogP contribution >= 0.6 is 11.6 Å². The SMILES string of the molecule is CC(C)(C)[Si](C)(C)O[C@H]1CC[C@H](N=[N+]=[N-])C[C@@H]1c1ccc(Cl)nc1. The van der Waals surface area contributed by atoms with Crippen molar-refractivity contribution in [3.05, 3.63) is 39.5 Å². The third-order valence-corrected chi connectivity index (χ3v) is 10.1. The third kappa shape index (κ3) is 4.51. The predicted molar refractivity (Wildman–Crippen MR) is 101 cm³/mol. The Hall–Kier alpha value is -1.07. The molecule has 24 heavy (non-hydrogen) atoms. The molecule has 0 N–H and O–H groups in total. The minimum Gasteiger partial charge on any atom is -0.413 e. The minimum atomic E-state index is -1.87. The molecule has 1 aromatic rings. The molecule has 1 aliphatic rings. The molecule has 7 heteroatoms. The highest BCUT2D eigenvalue weighted by atomic mass is 35.5. The van der Waals surface area contributed by atoms with Crippen molar-refractivity contribution in [1.29, 1.82) is 0 Å². The predicted octanol–water partition coefficient (Wildman–Crippen LogP) is 6.07. The van der Waals surface area contributed by atoms with Crippen LogP contribution in [0.1, 0.15) is 51.5 Å². The largest absolute Gasteiger partial charge is 0.413 e. The summed E-state index contributed by atoms with van der Waals surface area (Å²) in [6.07, 6.45) is 4.55. The van der Waals surface area contributed by atoms with E-state index < -0.39 is 8.32 Å². The molecule has 0 aliphatic heterocycles. The standard InChI is InChI=1S/C17H27ClN4OSi/c1-17(2,3)24(4,5)23-15-8-7-13(21-22-19)10-14(15)12-6-9-16(18)20-11-12/h6,9,11,13-15H,7-8,10H2,1-5H3/t13-,14+,15-/m0/s1. The van der Waals surface area contributed by atoms with Crippen LogP contribution in [0.2, 0.25) is 23.3 Å². The van der Waals surface area contributed by atoms with E-state index in [1.807, 2.05) is 18.3 Å². The van der Waals surface area contributed by atoms with Crippen molar-refractivity contribution in [1.82, 2.24) is 4.98 Å². The lowest BCUT2D eigenvalue weighted by Crippen LogP contribution is -2.47. The quantitative estimate of drug-likeness (QED) is 0.213. The van der Waals surface area contributed by atoms with Crippen molar-refractivity contribution in [2.75, 3.05) is 0 Å². The van der Waals surface area contributed by atoms with Crippen molar-refractivity contribution in [2.45, 2.75) is 76.2 Å². The Labute approximate surface area is 150 Å². The normalized spacial score (nSPS) is 25.2. The van der Waals surface area contributed by atoms with Gasteiger partial charge in [0.15, 0.2) is 8.32 Å². The number of halogens is 1. The van der Waals surface area contributed by atoms with Gasteiger partial charge in [0.05, 0.1) is 6.10 Å². The fourth-order valence-electron chi connectivity index (χ4n) is 2.95. The van der Waals surface area contributed by atoms with Crippen molar-refractivity contribution in [3.8, 4) is 0 Å². The lowest BCUT2D eigenvalue weighted by Gasteiger charge is -2.44. The molecule has 0 bridgehead atoms. The van der Waals surface area contributed by atoms with Gasteiger partial charge in [0.1, 0.15) is 5.15 Å². The molecule has 5 nitrogen and oxygen atoms in total. The van der Waals surface area contributed by atoms with E-state index >= 15 is 0 Å². The Morgan fingerprint density at radius 1 is 1.33 bits per heavy atom. The maximum absolute atomic E-state index is 8.77. The highest BCUT2D eigenvalue weighted by Crippen LogP contribution is 2.43. The van der Waals surface area contributed by atoms with Crippen LogP contribution in [-0.4, -0.2) is 25.4 Å².